The highest BCUT2D eigenvalue weighted by molar-refractivity contribution is 8.00. The molecule has 8 nitrogen and oxygen atoms in total. The number of amides is 2. The lowest BCUT2D eigenvalue weighted by atomic mass is 10.2. The van der Waals surface area contributed by atoms with Gasteiger partial charge in [0.25, 0.3) is 0 Å². The number of hydrogen-bond donors (Lipinski definition) is 2. The molecule has 0 spiro atoms. The van der Waals surface area contributed by atoms with E-state index in [4.69, 9.17) is 11.6 Å². The van der Waals surface area contributed by atoms with E-state index in [-0.39, 0.29) is 18.2 Å². The SMILES string of the molecule is Cc1csc(NC(=O)[C@H](C)Sc2nnc(CC(=O)Nc3ccc(C)c(Cl)c3)n2C)n1. The number of aryl methyl sites for hydroxylation is 2. The van der Waals surface area contributed by atoms with Crippen LogP contribution in [-0.2, 0) is 23.1 Å². The quantitative estimate of drug-likeness (QED) is 0.515. The molecule has 11 heteroatoms. The Labute approximate surface area is 187 Å². The molecule has 0 aliphatic heterocycles. The fraction of sp³-hybridized carbons (Fsp3) is 0.316. The highest BCUT2D eigenvalue weighted by Crippen LogP contribution is 2.24. The average Bonchev–Trinajstić information content (AvgIpc) is 3.24. The van der Waals surface area contributed by atoms with Crippen molar-refractivity contribution in [1.82, 2.24) is 19.7 Å². The van der Waals surface area contributed by atoms with Gasteiger partial charge in [-0.3, -0.25) is 9.59 Å². The number of benzene rings is 1. The second kappa shape index (κ2) is 9.59. The topological polar surface area (TPSA) is 102 Å². The van der Waals surface area contributed by atoms with E-state index >= 15 is 0 Å². The molecule has 0 unspecified atom stereocenters. The van der Waals surface area contributed by atoms with Crippen molar-refractivity contribution < 1.29 is 9.59 Å². The van der Waals surface area contributed by atoms with Crippen LogP contribution >= 0.6 is 34.7 Å². The maximum Gasteiger partial charge on any atom is 0.239 e. The number of nitrogens with one attached hydrogen (secondary N) is 2. The summed E-state index contributed by atoms with van der Waals surface area (Å²) in [6.07, 6.45) is 0.0501. The Hall–Kier alpha value is -2.43. The van der Waals surface area contributed by atoms with Gasteiger partial charge < -0.3 is 15.2 Å². The summed E-state index contributed by atoms with van der Waals surface area (Å²) in [6.45, 7) is 5.55. The fourth-order valence-corrected chi connectivity index (χ4v) is 4.16. The number of thioether (sulfide) groups is 1. The summed E-state index contributed by atoms with van der Waals surface area (Å²) in [6, 6.07) is 5.34. The van der Waals surface area contributed by atoms with Gasteiger partial charge in [0.1, 0.15) is 5.82 Å². The Morgan fingerprint density at radius 1 is 1.27 bits per heavy atom. The molecule has 0 saturated carbocycles. The maximum absolute atomic E-state index is 12.4. The number of carbonyl (C=O) groups is 2. The molecular weight excluding hydrogens is 444 g/mol. The number of aromatic nitrogens is 4. The van der Waals surface area contributed by atoms with Gasteiger partial charge in [-0.2, -0.15) is 0 Å². The summed E-state index contributed by atoms with van der Waals surface area (Å²) in [5.74, 6) is 0.0937. The van der Waals surface area contributed by atoms with E-state index < -0.39 is 5.25 Å². The lowest BCUT2D eigenvalue weighted by Gasteiger charge is -2.10. The van der Waals surface area contributed by atoms with Crippen LogP contribution in [-0.4, -0.2) is 36.8 Å². The van der Waals surface area contributed by atoms with Gasteiger partial charge in [-0.15, -0.1) is 21.5 Å². The molecule has 1 aromatic carbocycles. The first kappa shape index (κ1) is 22.3. The molecule has 3 aromatic rings. The van der Waals surface area contributed by atoms with E-state index in [0.717, 1.165) is 11.3 Å². The van der Waals surface area contributed by atoms with Crippen molar-refractivity contribution in [3.05, 3.63) is 45.7 Å². The summed E-state index contributed by atoms with van der Waals surface area (Å²) in [7, 11) is 1.77. The Morgan fingerprint density at radius 2 is 2.03 bits per heavy atom. The van der Waals surface area contributed by atoms with Crippen LogP contribution < -0.4 is 10.6 Å². The highest BCUT2D eigenvalue weighted by Gasteiger charge is 2.20. The van der Waals surface area contributed by atoms with E-state index in [2.05, 4.69) is 25.8 Å². The summed E-state index contributed by atoms with van der Waals surface area (Å²) >= 11 is 8.74. The van der Waals surface area contributed by atoms with Crippen LogP contribution in [0.5, 0.6) is 0 Å². The van der Waals surface area contributed by atoms with Crippen molar-refractivity contribution >= 4 is 57.3 Å². The minimum atomic E-state index is -0.409. The Bertz CT molecular complexity index is 1080. The molecule has 2 heterocycles. The number of rotatable bonds is 7. The number of carbonyl (C=O) groups excluding carboxylic acids is 2. The van der Waals surface area contributed by atoms with E-state index in [1.165, 1.54) is 23.1 Å². The van der Waals surface area contributed by atoms with Crippen LogP contribution in [0.3, 0.4) is 0 Å². The zero-order valence-corrected chi connectivity index (χ0v) is 19.3. The molecule has 2 N–H and O–H groups in total. The van der Waals surface area contributed by atoms with Gasteiger partial charge in [0, 0.05) is 23.1 Å². The molecule has 30 heavy (non-hydrogen) atoms. The predicted octanol–water partition coefficient (Wildman–Crippen LogP) is 3.84. The number of thiazole rings is 1. The van der Waals surface area contributed by atoms with Gasteiger partial charge in [0.2, 0.25) is 11.8 Å². The van der Waals surface area contributed by atoms with E-state index in [0.29, 0.717) is 26.8 Å². The van der Waals surface area contributed by atoms with Crippen LogP contribution in [0.4, 0.5) is 10.8 Å². The third-order valence-corrected chi connectivity index (χ3v) is 6.62. The van der Waals surface area contributed by atoms with Gasteiger partial charge in [0.05, 0.1) is 17.4 Å². The Morgan fingerprint density at radius 3 is 2.70 bits per heavy atom. The summed E-state index contributed by atoms with van der Waals surface area (Å²) in [4.78, 5) is 29.0. The first-order chi connectivity index (χ1) is 14.2. The second-order valence-corrected chi connectivity index (χ2v) is 9.26. The molecule has 0 aliphatic rings. The van der Waals surface area contributed by atoms with Crippen molar-refractivity contribution in [3.8, 4) is 0 Å². The molecule has 158 valence electrons. The van der Waals surface area contributed by atoms with Crippen molar-refractivity contribution in [2.75, 3.05) is 10.6 Å². The third-order valence-electron chi connectivity index (χ3n) is 4.20. The molecule has 0 saturated heterocycles. The summed E-state index contributed by atoms with van der Waals surface area (Å²) in [5.41, 5.74) is 2.42. The average molecular weight is 465 g/mol. The minimum absolute atomic E-state index is 0.0501. The van der Waals surface area contributed by atoms with Crippen molar-refractivity contribution in [2.45, 2.75) is 37.6 Å². The standard InChI is InChI=1S/C19H21ClN6O2S2/c1-10-5-6-13(7-14(10)20)22-16(27)8-15-24-25-19(26(15)4)30-12(3)17(28)23-18-21-11(2)9-29-18/h5-7,9,12H,8H2,1-4H3,(H,22,27)(H,21,23,28)/t12-/m0/s1. The molecule has 3 rings (SSSR count). The third kappa shape index (κ3) is 5.59. The molecule has 0 aliphatic carbocycles. The van der Waals surface area contributed by atoms with Crippen LogP contribution in [0.1, 0.15) is 24.0 Å². The van der Waals surface area contributed by atoms with Crippen LogP contribution in [0.15, 0.2) is 28.7 Å². The number of nitrogens with zero attached hydrogens (tertiary/aromatic N) is 4. The van der Waals surface area contributed by atoms with Crippen LogP contribution in [0.2, 0.25) is 5.02 Å². The van der Waals surface area contributed by atoms with Gasteiger partial charge in [0.15, 0.2) is 10.3 Å². The zero-order valence-electron chi connectivity index (χ0n) is 16.9. The normalized spacial score (nSPS) is 11.9. The molecule has 2 amide bonds. The van der Waals surface area contributed by atoms with Crippen LogP contribution in [0, 0.1) is 13.8 Å². The molecule has 0 radical (unpaired) electrons. The molecular formula is C19H21ClN6O2S2. The lowest BCUT2D eigenvalue weighted by molar-refractivity contribution is -0.116. The van der Waals surface area contributed by atoms with Crippen molar-refractivity contribution in [2.24, 2.45) is 7.05 Å². The fourth-order valence-electron chi connectivity index (χ4n) is 2.45. The smallest absolute Gasteiger partial charge is 0.239 e. The number of halogens is 1. The van der Waals surface area contributed by atoms with Gasteiger partial charge in [-0.25, -0.2) is 4.98 Å². The molecule has 0 fully saturated rings. The lowest BCUT2D eigenvalue weighted by Crippen LogP contribution is -2.23. The van der Waals surface area contributed by atoms with Crippen molar-refractivity contribution in [1.29, 1.82) is 0 Å². The first-order valence-corrected chi connectivity index (χ1v) is 11.2. The first-order valence-electron chi connectivity index (χ1n) is 9.07. The van der Waals surface area contributed by atoms with E-state index in [1.807, 2.05) is 25.3 Å². The second-order valence-electron chi connectivity index (χ2n) is 6.69. The van der Waals surface area contributed by atoms with Crippen molar-refractivity contribution in [3.63, 3.8) is 0 Å². The zero-order chi connectivity index (χ0) is 21.8. The Kier molecular flexibility index (Phi) is 7.11. The Balaban J connectivity index is 1.58. The monoisotopic (exact) mass is 464 g/mol. The molecule has 1 atom stereocenters. The summed E-state index contributed by atoms with van der Waals surface area (Å²) in [5, 5.41) is 17.0. The van der Waals surface area contributed by atoms with Gasteiger partial charge in [-0.1, -0.05) is 29.4 Å². The summed E-state index contributed by atoms with van der Waals surface area (Å²) < 4.78 is 1.71. The minimum Gasteiger partial charge on any atom is -0.326 e. The number of anilines is 2. The predicted molar refractivity (Wildman–Crippen MR) is 120 cm³/mol. The van der Waals surface area contributed by atoms with Gasteiger partial charge in [-0.05, 0) is 38.5 Å². The van der Waals surface area contributed by atoms with E-state index in [9.17, 15) is 9.59 Å². The van der Waals surface area contributed by atoms with Crippen LogP contribution in [0.25, 0.3) is 0 Å². The molecule has 0 bridgehead atoms. The van der Waals surface area contributed by atoms with E-state index in [1.54, 1.807) is 30.7 Å². The molecule has 2 aromatic heterocycles. The largest absolute Gasteiger partial charge is 0.326 e. The number of hydrogen-bond acceptors (Lipinski definition) is 7. The highest BCUT2D eigenvalue weighted by atomic mass is 35.5. The van der Waals surface area contributed by atoms with Gasteiger partial charge >= 0.3 is 0 Å². The maximum atomic E-state index is 12.4.